The van der Waals surface area contributed by atoms with Crippen LogP contribution in [0.5, 0.6) is 0 Å². The molecule has 0 bridgehead atoms. The standard InChI is InChI=1S/C14H17NO3/c1-3-11(14(17)18)9-10-5-7-12(8-6-10)15-13(16)4-2/h5-9H,3-4H2,1-2H3,(H,15,16)(H,17,18). The Morgan fingerprint density at radius 3 is 2.22 bits per heavy atom. The minimum atomic E-state index is -0.902. The van der Waals surface area contributed by atoms with Gasteiger partial charge in [0.05, 0.1) is 0 Å². The van der Waals surface area contributed by atoms with Gasteiger partial charge < -0.3 is 10.4 Å². The Hall–Kier alpha value is -2.10. The van der Waals surface area contributed by atoms with Crippen LogP contribution in [0.25, 0.3) is 6.08 Å². The number of benzene rings is 1. The van der Waals surface area contributed by atoms with Gasteiger partial charge in [-0.1, -0.05) is 26.0 Å². The normalized spacial score (nSPS) is 11.1. The van der Waals surface area contributed by atoms with Gasteiger partial charge in [0.1, 0.15) is 0 Å². The number of anilines is 1. The second-order valence-electron chi connectivity index (χ2n) is 3.85. The Morgan fingerprint density at radius 1 is 1.17 bits per heavy atom. The van der Waals surface area contributed by atoms with Crippen molar-refractivity contribution in [2.45, 2.75) is 26.7 Å². The molecule has 0 radical (unpaired) electrons. The maximum Gasteiger partial charge on any atom is 0.331 e. The topological polar surface area (TPSA) is 66.4 Å². The maximum absolute atomic E-state index is 11.2. The van der Waals surface area contributed by atoms with Gasteiger partial charge in [-0.25, -0.2) is 4.79 Å². The molecule has 4 nitrogen and oxygen atoms in total. The van der Waals surface area contributed by atoms with Gasteiger partial charge in [0.15, 0.2) is 0 Å². The highest BCUT2D eigenvalue weighted by Crippen LogP contribution is 2.14. The van der Waals surface area contributed by atoms with Crippen LogP contribution in [0, 0.1) is 0 Å². The Bertz CT molecular complexity index is 460. The number of aliphatic carboxylic acids is 1. The number of nitrogens with one attached hydrogen (secondary N) is 1. The van der Waals surface area contributed by atoms with Gasteiger partial charge >= 0.3 is 5.97 Å². The number of carbonyl (C=O) groups is 2. The molecular formula is C14H17NO3. The Morgan fingerprint density at radius 2 is 1.78 bits per heavy atom. The summed E-state index contributed by atoms with van der Waals surface area (Å²) in [5, 5.41) is 11.6. The molecule has 0 aliphatic carbocycles. The molecule has 18 heavy (non-hydrogen) atoms. The zero-order valence-electron chi connectivity index (χ0n) is 10.6. The molecule has 0 aliphatic rings. The first-order valence-electron chi connectivity index (χ1n) is 5.90. The van der Waals surface area contributed by atoms with Gasteiger partial charge in [-0.05, 0) is 30.2 Å². The zero-order chi connectivity index (χ0) is 13.5. The van der Waals surface area contributed by atoms with Crippen LogP contribution in [-0.4, -0.2) is 17.0 Å². The van der Waals surface area contributed by atoms with Crippen LogP contribution < -0.4 is 5.32 Å². The highest BCUT2D eigenvalue weighted by atomic mass is 16.4. The van der Waals surface area contributed by atoms with Crippen LogP contribution in [0.3, 0.4) is 0 Å². The van der Waals surface area contributed by atoms with E-state index >= 15 is 0 Å². The van der Waals surface area contributed by atoms with Gasteiger partial charge in [0.2, 0.25) is 5.91 Å². The van der Waals surface area contributed by atoms with Crippen molar-refractivity contribution in [2.24, 2.45) is 0 Å². The smallest absolute Gasteiger partial charge is 0.331 e. The quantitative estimate of drug-likeness (QED) is 0.786. The van der Waals surface area contributed by atoms with Crippen molar-refractivity contribution in [2.75, 3.05) is 5.32 Å². The molecule has 0 unspecified atom stereocenters. The maximum atomic E-state index is 11.2. The molecule has 0 fully saturated rings. The molecular weight excluding hydrogens is 230 g/mol. The van der Waals surface area contributed by atoms with E-state index in [1.165, 1.54) is 0 Å². The second kappa shape index (κ2) is 6.59. The largest absolute Gasteiger partial charge is 0.478 e. The zero-order valence-corrected chi connectivity index (χ0v) is 10.6. The van der Waals surface area contributed by atoms with E-state index in [0.29, 0.717) is 24.1 Å². The van der Waals surface area contributed by atoms with Gasteiger partial charge in [-0.3, -0.25) is 4.79 Å². The Kier molecular flexibility index (Phi) is 5.11. The van der Waals surface area contributed by atoms with Crippen molar-refractivity contribution >= 4 is 23.6 Å². The van der Waals surface area contributed by atoms with E-state index in [2.05, 4.69) is 5.32 Å². The van der Waals surface area contributed by atoms with Gasteiger partial charge in [-0.2, -0.15) is 0 Å². The fourth-order valence-electron chi connectivity index (χ4n) is 1.43. The SMILES string of the molecule is CCC(=O)Nc1ccc(C=C(CC)C(=O)O)cc1. The van der Waals surface area contributed by atoms with Crippen LogP contribution in [0.1, 0.15) is 32.3 Å². The summed E-state index contributed by atoms with van der Waals surface area (Å²) in [5.74, 6) is -0.945. The monoisotopic (exact) mass is 247 g/mol. The third-order valence-corrected chi connectivity index (χ3v) is 2.51. The summed E-state index contributed by atoms with van der Waals surface area (Å²) >= 11 is 0. The minimum absolute atomic E-state index is 0.0434. The Balaban J connectivity index is 2.82. The lowest BCUT2D eigenvalue weighted by atomic mass is 10.1. The van der Waals surface area contributed by atoms with Gasteiger partial charge in [0.25, 0.3) is 0 Å². The number of carbonyl (C=O) groups excluding carboxylic acids is 1. The third kappa shape index (κ3) is 4.05. The molecule has 0 aromatic heterocycles. The molecule has 1 rings (SSSR count). The van der Waals surface area contributed by atoms with Gasteiger partial charge in [-0.15, -0.1) is 0 Å². The van der Waals surface area contributed by atoms with E-state index in [0.717, 1.165) is 5.56 Å². The summed E-state index contributed by atoms with van der Waals surface area (Å²) < 4.78 is 0. The number of rotatable bonds is 5. The Labute approximate surface area is 106 Å². The molecule has 1 aromatic carbocycles. The number of amides is 1. The summed E-state index contributed by atoms with van der Waals surface area (Å²) in [7, 11) is 0. The van der Waals surface area contributed by atoms with Gasteiger partial charge in [0, 0.05) is 17.7 Å². The molecule has 1 aromatic rings. The minimum Gasteiger partial charge on any atom is -0.478 e. The van der Waals surface area contributed by atoms with Crippen molar-refractivity contribution in [1.29, 1.82) is 0 Å². The van der Waals surface area contributed by atoms with Crippen molar-refractivity contribution in [3.05, 3.63) is 35.4 Å². The average molecular weight is 247 g/mol. The molecule has 4 heteroatoms. The molecule has 0 aliphatic heterocycles. The summed E-state index contributed by atoms with van der Waals surface area (Å²) in [6.07, 6.45) is 2.54. The van der Waals surface area contributed by atoms with Crippen LogP contribution in [-0.2, 0) is 9.59 Å². The van der Waals surface area contributed by atoms with E-state index in [4.69, 9.17) is 5.11 Å². The lowest BCUT2D eigenvalue weighted by molar-refractivity contribution is -0.132. The number of hydrogen-bond donors (Lipinski definition) is 2. The lowest BCUT2D eigenvalue weighted by Gasteiger charge is -2.04. The molecule has 0 spiro atoms. The summed E-state index contributed by atoms with van der Waals surface area (Å²) in [6.45, 7) is 3.59. The number of hydrogen-bond acceptors (Lipinski definition) is 2. The van der Waals surface area contributed by atoms with Crippen molar-refractivity contribution < 1.29 is 14.7 Å². The predicted molar refractivity (Wildman–Crippen MR) is 71.3 cm³/mol. The molecule has 0 saturated heterocycles. The molecule has 1 amide bonds. The number of carboxylic acids is 1. The molecule has 96 valence electrons. The first kappa shape index (κ1) is 14.0. The van der Waals surface area contributed by atoms with E-state index in [1.54, 1.807) is 44.2 Å². The van der Waals surface area contributed by atoms with Crippen LogP contribution in [0.4, 0.5) is 5.69 Å². The molecule has 2 N–H and O–H groups in total. The molecule has 0 heterocycles. The highest BCUT2D eigenvalue weighted by Gasteiger charge is 2.04. The van der Waals surface area contributed by atoms with E-state index in [9.17, 15) is 9.59 Å². The fourth-order valence-corrected chi connectivity index (χ4v) is 1.43. The van der Waals surface area contributed by atoms with Crippen molar-refractivity contribution in [3.63, 3.8) is 0 Å². The first-order valence-corrected chi connectivity index (χ1v) is 5.90. The summed E-state index contributed by atoms with van der Waals surface area (Å²) in [5.41, 5.74) is 1.89. The highest BCUT2D eigenvalue weighted by molar-refractivity contribution is 5.92. The lowest BCUT2D eigenvalue weighted by Crippen LogP contribution is -2.09. The van der Waals surface area contributed by atoms with Crippen LogP contribution >= 0.6 is 0 Å². The fraction of sp³-hybridized carbons (Fsp3) is 0.286. The van der Waals surface area contributed by atoms with E-state index < -0.39 is 5.97 Å². The second-order valence-corrected chi connectivity index (χ2v) is 3.85. The summed E-state index contributed by atoms with van der Waals surface area (Å²) in [4.78, 5) is 22.0. The van der Waals surface area contributed by atoms with Crippen LogP contribution in [0.15, 0.2) is 29.8 Å². The first-order chi connectivity index (χ1) is 8.56. The van der Waals surface area contributed by atoms with Crippen molar-refractivity contribution in [3.8, 4) is 0 Å². The number of carboxylic acid groups (broad SMARTS) is 1. The molecule has 0 saturated carbocycles. The van der Waals surface area contributed by atoms with E-state index in [1.807, 2.05) is 0 Å². The average Bonchev–Trinajstić information content (AvgIpc) is 2.37. The van der Waals surface area contributed by atoms with E-state index in [-0.39, 0.29) is 5.91 Å². The third-order valence-electron chi connectivity index (χ3n) is 2.51. The molecule has 0 atom stereocenters. The predicted octanol–water partition coefficient (Wildman–Crippen LogP) is 2.91. The summed E-state index contributed by atoms with van der Waals surface area (Å²) in [6, 6.07) is 7.08. The van der Waals surface area contributed by atoms with Crippen molar-refractivity contribution in [1.82, 2.24) is 0 Å². The van der Waals surface area contributed by atoms with Crippen LogP contribution in [0.2, 0.25) is 0 Å².